The number of nitro groups is 2. The highest BCUT2D eigenvalue weighted by molar-refractivity contribution is 5.77. The largest absolute Gasteiger partial charge is 0.514 e. The first-order valence-electron chi connectivity index (χ1n) is 13.9. The number of nitro benzene ring substituents is 2. The van der Waals surface area contributed by atoms with Crippen LogP contribution in [-0.2, 0) is 47.6 Å². The first kappa shape index (κ1) is 37.2. The van der Waals surface area contributed by atoms with Crippen molar-refractivity contribution < 1.29 is 71.7 Å². The number of esters is 4. The van der Waals surface area contributed by atoms with Crippen LogP contribution in [0.1, 0.15) is 38.9 Å². The fourth-order valence-corrected chi connectivity index (χ4v) is 4.48. The van der Waals surface area contributed by atoms with E-state index in [1.807, 2.05) is 0 Å². The molecule has 1 saturated heterocycles. The van der Waals surface area contributed by atoms with Crippen molar-refractivity contribution in [2.45, 2.75) is 64.0 Å². The van der Waals surface area contributed by atoms with Crippen molar-refractivity contribution >= 4 is 41.4 Å². The zero-order valence-corrected chi connectivity index (χ0v) is 26.1. The second-order valence-corrected chi connectivity index (χ2v) is 9.89. The number of rotatable bonds is 12. The number of hydrogen-bond acceptors (Lipinski definition) is 17. The summed E-state index contributed by atoms with van der Waals surface area (Å²) in [5.41, 5.74) is -1.01. The second-order valence-electron chi connectivity index (χ2n) is 9.89. The lowest BCUT2D eigenvalue weighted by atomic mass is 9.97. The maximum Gasteiger partial charge on any atom is 0.514 e. The molecule has 6 atom stereocenters. The summed E-state index contributed by atoms with van der Waals surface area (Å²) in [7, 11) is 0.978. The maximum absolute atomic E-state index is 12.7. The van der Waals surface area contributed by atoms with Gasteiger partial charge in [-0.2, -0.15) is 0 Å². The van der Waals surface area contributed by atoms with E-state index in [4.69, 9.17) is 44.3 Å². The number of ether oxygens (including phenoxy) is 8. The molecule has 2 aromatic carbocycles. The van der Waals surface area contributed by atoms with Crippen LogP contribution in [0.15, 0.2) is 42.5 Å². The van der Waals surface area contributed by atoms with Crippen LogP contribution in [0.5, 0.6) is 11.5 Å². The van der Waals surface area contributed by atoms with Crippen molar-refractivity contribution in [1.29, 1.82) is 0 Å². The molecule has 0 saturated carbocycles. The van der Waals surface area contributed by atoms with Crippen molar-refractivity contribution in [3.05, 3.63) is 68.3 Å². The van der Waals surface area contributed by atoms with Gasteiger partial charge in [-0.25, -0.2) is 9.59 Å². The first-order chi connectivity index (χ1) is 23.1. The van der Waals surface area contributed by atoms with Crippen molar-refractivity contribution in [3.8, 4) is 23.8 Å². The summed E-state index contributed by atoms with van der Waals surface area (Å²) in [5.74, 6) is -2.34. The molecule has 260 valence electrons. The number of hydrogen-bond donors (Lipinski definition) is 0. The molecule has 0 aromatic heterocycles. The summed E-state index contributed by atoms with van der Waals surface area (Å²) in [6, 6.07) is 7.71. The summed E-state index contributed by atoms with van der Waals surface area (Å²) in [4.78, 5) is 82.6. The van der Waals surface area contributed by atoms with Crippen LogP contribution in [-0.4, -0.2) is 77.7 Å². The zero-order chi connectivity index (χ0) is 36.4. The van der Waals surface area contributed by atoms with Crippen molar-refractivity contribution in [2.75, 3.05) is 7.11 Å². The minimum atomic E-state index is -1.90. The molecule has 0 radical (unpaired) electrons. The van der Waals surface area contributed by atoms with E-state index in [1.54, 1.807) is 0 Å². The number of methoxy groups -OCH3 is 1. The van der Waals surface area contributed by atoms with Gasteiger partial charge >= 0.3 is 35.7 Å². The van der Waals surface area contributed by atoms with E-state index in [1.165, 1.54) is 6.07 Å². The van der Waals surface area contributed by atoms with Gasteiger partial charge in [0.1, 0.15) is 11.9 Å². The number of nitrogens with zero attached hydrogens (tertiary/aromatic N) is 2. The highest BCUT2D eigenvalue weighted by Gasteiger charge is 2.56. The molecule has 1 fully saturated rings. The predicted octanol–water partition coefficient (Wildman–Crippen LogP) is 2.85. The van der Waals surface area contributed by atoms with E-state index in [0.29, 0.717) is 0 Å². The lowest BCUT2D eigenvalue weighted by Gasteiger charge is -2.42. The molecule has 1 heterocycles. The molecule has 2 aromatic rings. The van der Waals surface area contributed by atoms with Crippen LogP contribution in [0.3, 0.4) is 0 Å². The SMILES string of the molecule is C#CCC(OC(=O)Oc1ccc([N+](=O)[O-])cc1)c1ccc(O[C@@H]2OC(C(=O)OC)[C@@H](OC(C)=O)[C@H](OC(C)=O)C2OC(C)=O)c([N+](=O)[O-])c1. The fourth-order valence-electron chi connectivity index (χ4n) is 4.48. The molecule has 0 aliphatic carbocycles. The Morgan fingerprint density at radius 2 is 1.47 bits per heavy atom. The minimum Gasteiger partial charge on any atom is -0.467 e. The quantitative estimate of drug-likeness (QED) is 0.0776. The van der Waals surface area contributed by atoms with Crippen molar-refractivity contribution in [1.82, 2.24) is 0 Å². The summed E-state index contributed by atoms with van der Waals surface area (Å²) < 4.78 is 42.1. The van der Waals surface area contributed by atoms with Crippen LogP contribution >= 0.6 is 0 Å². The Morgan fingerprint density at radius 1 is 0.878 bits per heavy atom. The Kier molecular flexibility index (Phi) is 12.5. The molecule has 3 rings (SSSR count). The maximum atomic E-state index is 12.7. The number of carbonyl (C=O) groups is 5. The van der Waals surface area contributed by atoms with Crippen molar-refractivity contribution in [3.63, 3.8) is 0 Å². The summed E-state index contributed by atoms with van der Waals surface area (Å²) in [6.45, 7) is 2.94. The molecule has 0 bridgehead atoms. The molecule has 19 heteroatoms. The first-order valence-corrected chi connectivity index (χ1v) is 13.9. The molecular weight excluding hydrogens is 660 g/mol. The fraction of sp³-hybridized carbons (Fsp3) is 0.367. The van der Waals surface area contributed by atoms with Crippen LogP contribution in [0, 0.1) is 32.6 Å². The summed E-state index contributed by atoms with van der Waals surface area (Å²) in [6.07, 6.45) is -6.36. The Hall–Kier alpha value is -6.29. The van der Waals surface area contributed by atoms with E-state index in [9.17, 15) is 44.2 Å². The molecule has 0 N–H and O–H groups in total. The average Bonchev–Trinajstić information content (AvgIpc) is 3.02. The van der Waals surface area contributed by atoms with Crippen LogP contribution in [0.4, 0.5) is 16.2 Å². The second kappa shape index (κ2) is 16.5. The smallest absolute Gasteiger partial charge is 0.467 e. The van der Waals surface area contributed by atoms with Crippen molar-refractivity contribution in [2.24, 2.45) is 0 Å². The standard InChI is InChI=1S/C30H28N2O17/c1-6-7-22(48-30(37)46-20-11-9-19(10-12-20)31(38)39)18-8-13-23(21(14-18)32(40)41)47-29-27(45-17(4)35)25(44-16(3)34)24(43-15(2)33)26(49-29)28(36)42-5/h1,8-14,22,24-27,29H,7H2,2-5H3/t22?,24-,25-,26?,27?,29+/m0/s1. The normalized spacial score (nSPS) is 20.3. The van der Waals surface area contributed by atoms with Gasteiger partial charge in [0, 0.05) is 44.5 Å². The van der Waals surface area contributed by atoms with Gasteiger partial charge in [-0.1, -0.05) is 6.07 Å². The van der Waals surface area contributed by atoms with Crippen LogP contribution in [0.25, 0.3) is 0 Å². The van der Waals surface area contributed by atoms with E-state index in [2.05, 4.69) is 5.92 Å². The van der Waals surface area contributed by atoms with Gasteiger partial charge in [-0.3, -0.25) is 34.6 Å². The van der Waals surface area contributed by atoms with Gasteiger partial charge < -0.3 is 37.9 Å². The Labute approximate surface area is 276 Å². The molecule has 1 aliphatic heterocycles. The minimum absolute atomic E-state index is 0.00102. The van der Waals surface area contributed by atoms with E-state index >= 15 is 0 Å². The monoisotopic (exact) mass is 688 g/mol. The Morgan fingerprint density at radius 3 is 2.00 bits per heavy atom. The van der Waals surface area contributed by atoms with Crippen LogP contribution in [0.2, 0.25) is 0 Å². The molecule has 1 aliphatic rings. The molecule has 0 spiro atoms. The Balaban J connectivity index is 1.97. The molecule has 49 heavy (non-hydrogen) atoms. The third-order valence-electron chi connectivity index (χ3n) is 6.42. The summed E-state index contributed by atoms with van der Waals surface area (Å²) >= 11 is 0. The lowest BCUT2D eigenvalue weighted by Crippen LogP contribution is -2.64. The Bertz CT molecular complexity index is 1650. The zero-order valence-electron chi connectivity index (χ0n) is 26.1. The highest BCUT2D eigenvalue weighted by atomic mass is 16.7. The molecule has 19 nitrogen and oxygen atoms in total. The third kappa shape index (κ3) is 9.85. The topological polar surface area (TPSA) is 245 Å². The molecular formula is C30H28N2O17. The van der Waals surface area contributed by atoms with Gasteiger partial charge in [0.2, 0.25) is 12.4 Å². The van der Waals surface area contributed by atoms with Gasteiger partial charge in [0.25, 0.3) is 5.69 Å². The third-order valence-corrected chi connectivity index (χ3v) is 6.42. The van der Waals surface area contributed by atoms with E-state index in [0.717, 1.165) is 64.3 Å². The number of carbonyl (C=O) groups excluding carboxylic acids is 5. The van der Waals surface area contributed by atoms with Gasteiger partial charge in [-0.15, -0.1) is 12.3 Å². The molecule has 0 amide bonds. The lowest BCUT2D eigenvalue weighted by molar-refractivity contribution is -0.387. The number of non-ortho nitro benzene ring substituents is 1. The summed E-state index contributed by atoms with van der Waals surface area (Å²) in [5, 5.41) is 23.0. The van der Waals surface area contributed by atoms with Gasteiger partial charge in [-0.05, 0) is 18.2 Å². The van der Waals surface area contributed by atoms with Gasteiger partial charge in [0.15, 0.2) is 24.1 Å². The van der Waals surface area contributed by atoms with E-state index in [-0.39, 0.29) is 23.4 Å². The number of terminal acetylenes is 1. The highest BCUT2D eigenvalue weighted by Crippen LogP contribution is 2.37. The van der Waals surface area contributed by atoms with Gasteiger partial charge in [0.05, 0.1) is 23.4 Å². The predicted molar refractivity (Wildman–Crippen MR) is 157 cm³/mol. The number of benzene rings is 2. The van der Waals surface area contributed by atoms with Crippen LogP contribution < -0.4 is 9.47 Å². The molecule has 3 unspecified atom stereocenters. The average molecular weight is 689 g/mol. The van der Waals surface area contributed by atoms with E-state index < -0.39 is 88.1 Å².